The van der Waals surface area contributed by atoms with Crippen molar-refractivity contribution in [3.05, 3.63) is 193 Å². The van der Waals surface area contributed by atoms with Gasteiger partial charge in [-0.3, -0.25) is 0 Å². The highest BCUT2D eigenvalue weighted by Gasteiger charge is 2.46. The van der Waals surface area contributed by atoms with Crippen LogP contribution in [0.3, 0.4) is 0 Å². The van der Waals surface area contributed by atoms with Crippen LogP contribution in [0.15, 0.2) is 192 Å². The summed E-state index contributed by atoms with van der Waals surface area (Å²) in [7, 11) is 0. The van der Waals surface area contributed by atoms with Crippen LogP contribution in [0, 0.1) is 0 Å². The minimum atomic E-state index is 0.0364. The average Bonchev–Trinajstić information content (AvgIpc) is 3.71. The molecule has 0 unspecified atom stereocenters. The zero-order valence-corrected chi connectivity index (χ0v) is 38.1. The monoisotopic (exact) mass is 859 g/mol. The molecule has 2 bridgehead atoms. The lowest BCUT2D eigenvalue weighted by Gasteiger charge is -2.44. The molecule has 0 N–H and O–H groups in total. The first-order chi connectivity index (χ1) is 31.2. The van der Waals surface area contributed by atoms with Crippen LogP contribution in [-0.4, -0.2) is 6.71 Å². The van der Waals surface area contributed by atoms with Crippen LogP contribution >= 0.6 is 23.1 Å². The summed E-state index contributed by atoms with van der Waals surface area (Å²) < 4.78 is 2.70. The molecule has 4 heterocycles. The number of hydrogen-bond acceptors (Lipinski definition) is 5. The number of thiophene rings is 1. The van der Waals surface area contributed by atoms with Crippen LogP contribution in [0.1, 0.15) is 51.7 Å². The highest BCUT2D eigenvalue weighted by Crippen LogP contribution is 2.54. The summed E-state index contributed by atoms with van der Waals surface area (Å²) in [4.78, 5) is 10.1. The van der Waals surface area contributed by atoms with E-state index in [1.165, 1.54) is 110 Å². The summed E-state index contributed by atoms with van der Waals surface area (Å²) in [6.07, 6.45) is 2.39. The van der Waals surface area contributed by atoms with E-state index >= 15 is 0 Å². The van der Waals surface area contributed by atoms with Gasteiger partial charge in [-0.25, -0.2) is 0 Å². The summed E-state index contributed by atoms with van der Waals surface area (Å²) in [6, 6.07) is 68.6. The Labute approximate surface area is 384 Å². The molecule has 1 aromatic heterocycles. The lowest BCUT2D eigenvalue weighted by atomic mass is 9.36. The number of nitrogens with zero attached hydrogens (tertiary/aromatic N) is 3. The average molecular weight is 860 g/mol. The predicted octanol–water partition coefficient (Wildman–Crippen LogP) is 14.9. The van der Waals surface area contributed by atoms with Gasteiger partial charge < -0.3 is 14.7 Å². The molecule has 6 heteroatoms. The van der Waals surface area contributed by atoms with Gasteiger partial charge in [-0.15, -0.1) is 11.3 Å². The molecular weight excluding hydrogens is 814 g/mol. The molecule has 64 heavy (non-hydrogen) atoms. The molecule has 0 radical (unpaired) electrons. The van der Waals surface area contributed by atoms with Crippen molar-refractivity contribution in [2.45, 2.75) is 61.2 Å². The van der Waals surface area contributed by atoms with Crippen molar-refractivity contribution in [3.63, 3.8) is 0 Å². The zero-order chi connectivity index (χ0) is 42.9. The Bertz CT molecular complexity index is 3370. The van der Waals surface area contributed by atoms with Crippen molar-refractivity contribution in [2.24, 2.45) is 0 Å². The second kappa shape index (κ2) is 14.0. The second-order valence-corrected chi connectivity index (χ2v) is 21.3. The number of benzene rings is 8. The van der Waals surface area contributed by atoms with Crippen LogP contribution in [0.4, 0.5) is 51.2 Å². The van der Waals surface area contributed by atoms with Crippen LogP contribution in [0.2, 0.25) is 0 Å². The molecule has 0 atom stereocenters. The first-order valence-electron chi connectivity index (χ1n) is 22.6. The van der Waals surface area contributed by atoms with E-state index in [0.29, 0.717) is 0 Å². The molecule has 308 valence electrons. The van der Waals surface area contributed by atoms with Crippen molar-refractivity contribution in [1.82, 2.24) is 0 Å². The Morgan fingerprint density at radius 3 is 1.88 bits per heavy atom. The standard InChI is InChI=1S/C58H46BN3S2/c1-57(2)33-34-58(3,4)43-35-37(29-31-42(43)57)40-19-8-10-21-45(40)62-49-25-16-24-48-54(49)59(56-55(62)41-20-9-13-26-51(41)64-56)44-32-30-39-36-50(44)61(48)47-23-12-15-28-53(47)63-52-27-14-11-22-46(52)60(39)38-17-6-5-7-18-38/h5-32,35-36H,33-34H2,1-4H3. The normalized spacial score (nSPS) is 16.1. The molecule has 9 aromatic rings. The fourth-order valence-electron chi connectivity index (χ4n) is 11.2. The Morgan fingerprint density at radius 2 is 1.09 bits per heavy atom. The Kier molecular flexibility index (Phi) is 8.33. The molecule has 0 saturated heterocycles. The summed E-state index contributed by atoms with van der Waals surface area (Å²) in [5, 5.41) is 1.30. The van der Waals surface area contributed by atoms with Gasteiger partial charge in [0.25, 0.3) is 6.71 Å². The fraction of sp³-hybridized carbons (Fsp3) is 0.138. The SMILES string of the molecule is CC1(C)CCC(C)(C)c2cc(-c3ccccc3N3c4cccc5c4B(c4ccc6cc4N5c4ccccc4Sc4ccccc4N6c4ccccc4)c4sc5ccccc5c43)ccc21. The van der Waals surface area contributed by atoms with E-state index in [1.54, 1.807) is 0 Å². The molecule has 0 saturated carbocycles. The molecule has 13 rings (SSSR count). The molecule has 0 spiro atoms. The Balaban J connectivity index is 1.08. The number of hydrogen-bond donors (Lipinski definition) is 0. The lowest BCUT2D eigenvalue weighted by molar-refractivity contribution is 0.332. The number of anilines is 9. The van der Waals surface area contributed by atoms with E-state index in [2.05, 4.69) is 224 Å². The van der Waals surface area contributed by atoms with Gasteiger partial charge in [0.2, 0.25) is 0 Å². The number of para-hydroxylation sites is 4. The minimum absolute atomic E-state index is 0.0364. The smallest absolute Gasteiger partial charge is 0.264 e. The molecule has 0 amide bonds. The number of rotatable bonds is 3. The van der Waals surface area contributed by atoms with Gasteiger partial charge in [-0.05, 0) is 124 Å². The third-order valence-electron chi connectivity index (χ3n) is 14.5. The van der Waals surface area contributed by atoms with Crippen LogP contribution in [-0.2, 0) is 10.8 Å². The van der Waals surface area contributed by atoms with Crippen LogP contribution in [0.5, 0.6) is 0 Å². The molecule has 3 aliphatic heterocycles. The Morgan fingerprint density at radius 1 is 0.469 bits per heavy atom. The van der Waals surface area contributed by atoms with Gasteiger partial charge in [0.15, 0.2) is 0 Å². The van der Waals surface area contributed by atoms with Crippen molar-refractivity contribution in [1.29, 1.82) is 0 Å². The third kappa shape index (κ3) is 5.55. The second-order valence-electron chi connectivity index (χ2n) is 19.1. The molecular formula is C58H46BN3S2. The van der Waals surface area contributed by atoms with E-state index in [1.807, 2.05) is 23.1 Å². The topological polar surface area (TPSA) is 9.72 Å². The molecule has 0 fully saturated rings. The summed E-state index contributed by atoms with van der Waals surface area (Å²) in [5.74, 6) is 0. The van der Waals surface area contributed by atoms with Crippen LogP contribution in [0.25, 0.3) is 21.2 Å². The van der Waals surface area contributed by atoms with E-state index in [4.69, 9.17) is 0 Å². The number of fused-ring (bicyclic) bond motifs is 11. The predicted molar refractivity (Wildman–Crippen MR) is 275 cm³/mol. The third-order valence-corrected chi connectivity index (χ3v) is 16.8. The molecule has 4 aliphatic rings. The zero-order valence-electron chi connectivity index (χ0n) is 36.5. The van der Waals surface area contributed by atoms with Gasteiger partial charge in [0.05, 0.1) is 22.7 Å². The van der Waals surface area contributed by atoms with Gasteiger partial charge >= 0.3 is 0 Å². The maximum absolute atomic E-state index is 2.63. The molecule has 1 aliphatic carbocycles. The van der Waals surface area contributed by atoms with E-state index in [-0.39, 0.29) is 17.5 Å². The van der Waals surface area contributed by atoms with Gasteiger partial charge in [0.1, 0.15) is 0 Å². The first kappa shape index (κ1) is 38.0. The molecule has 8 aromatic carbocycles. The quantitative estimate of drug-likeness (QED) is 0.164. The maximum atomic E-state index is 2.63. The molecule has 3 nitrogen and oxygen atoms in total. The Hall–Kier alpha value is -6.47. The van der Waals surface area contributed by atoms with Crippen molar-refractivity contribution < 1.29 is 0 Å². The van der Waals surface area contributed by atoms with Gasteiger partial charge in [-0.2, -0.15) is 0 Å². The van der Waals surface area contributed by atoms with Gasteiger partial charge in [0, 0.05) is 58.7 Å². The van der Waals surface area contributed by atoms with Crippen molar-refractivity contribution in [2.75, 3.05) is 14.7 Å². The van der Waals surface area contributed by atoms with Crippen molar-refractivity contribution >= 4 is 107 Å². The van der Waals surface area contributed by atoms with Gasteiger partial charge in [-0.1, -0.05) is 149 Å². The lowest BCUT2D eigenvalue weighted by Crippen LogP contribution is -2.60. The highest BCUT2D eigenvalue weighted by atomic mass is 32.2. The van der Waals surface area contributed by atoms with Crippen LogP contribution < -0.4 is 30.4 Å². The minimum Gasteiger partial charge on any atom is -0.310 e. The largest absolute Gasteiger partial charge is 0.310 e. The van der Waals surface area contributed by atoms with E-state index in [9.17, 15) is 0 Å². The fourth-order valence-corrected chi connectivity index (χ4v) is 13.6. The van der Waals surface area contributed by atoms with E-state index in [0.717, 1.165) is 11.4 Å². The van der Waals surface area contributed by atoms with E-state index < -0.39 is 0 Å². The summed E-state index contributed by atoms with van der Waals surface area (Å²) >= 11 is 3.81. The summed E-state index contributed by atoms with van der Waals surface area (Å²) in [5.41, 5.74) is 19.3. The maximum Gasteiger partial charge on any atom is 0.264 e. The highest BCUT2D eigenvalue weighted by molar-refractivity contribution is 7.99. The van der Waals surface area contributed by atoms with Crippen molar-refractivity contribution in [3.8, 4) is 11.1 Å². The summed E-state index contributed by atoms with van der Waals surface area (Å²) in [6.45, 7) is 9.75. The first-order valence-corrected chi connectivity index (χ1v) is 24.2.